The Morgan fingerprint density at radius 3 is 2.44 bits per heavy atom. The summed E-state index contributed by atoms with van der Waals surface area (Å²) in [6, 6.07) is 1.23. The maximum absolute atomic E-state index is 13.2. The molecule has 0 saturated carbocycles. The maximum Gasteiger partial charge on any atom is 0.407 e. The van der Waals surface area contributed by atoms with E-state index in [2.05, 4.69) is 15.4 Å². The fourth-order valence-corrected chi connectivity index (χ4v) is 3.96. The van der Waals surface area contributed by atoms with Crippen LogP contribution in [0.5, 0.6) is 5.88 Å². The highest BCUT2D eigenvalue weighted by Gasteiger charge is 2.30. The Labute approximate surface area is 196 Å². The van der Waals surface area contributed by atoms with E-state index in [0.717, 1.165) is 0 Å². The first-order chi connectivity index (χ1) is 16.2. The Morgan fingerprint density at radius 2 is 1.91 bits per heavy atom. The lowest BCUT2D eigenvalue weighted by molar-refractivity contribution is 0.0991. The molecule has 0 aromatic carbocycles. The van der Waals surface area contributed by atoms with Crippen LogP contribution in [-0.2, 0) is 6.42 Å². The van der Waals surface area contributed by atoms with Crippen molar-refractivity contribution >= 4 is 29.4 Å². The van der Waals surface area contributed by atoms with Gasteiger partial charge in [0.1, 0.15) is 5.56 Å². The van der Waals surface area contributed by atoms with Gasteiger partial charge in [-0.2, -0.15) is 5.10 Å². The smallest absolute Gasteiger partial charge is 0.407 e. The molecule has 182 valence electrons. The molecular formula is C22H28N6O6. The van der Waals surface area contributed by atoms with Gasteiger partial charge < -0.3 is 25.8 Å². The Hall–Kier alpha value is -3.96. The van der Waals surface area contributed by atoms with Crippen molar-refractivity contribution < 1.29 is 29.0 Å². The summed E-state index contributed by atoms with van der Waals surface area (Å²) in [5.74, 6) is -1.65. The van der Waals surface area contributed by atoms with E-state index in [0.29, 0.717) is 38.0 Å². The van der Waals surface area contributed by atoms with E-state index >= 15 is 0 Å². The molecule has 0 aliphatic carbocycles. The lowest BCUT2D eigenvalue weighted by Gasteiger charge is -2.31. The zero-order chi connectivity index (χ0) is 25.0. The number of primary amides is 1. The second kappa shape index (κ2) is 10.3. The number of aromatic nitrogens is 3. The number of amides is 3. The molecular weight excluding hydrogens is 444 g/mol. The molecule has 12 heteroatoms. The average molecular weight is 473 g/mol. The van der Waals surface area contributed by atoms with Gasteiger partial charge in [0.05, 0.1) is 24.0 Å². The Balaban J connectivity index is 1.98. The Morgan fingerprint density at radius 1 is 1.24 bits per heavy atom. The molecule has 0 unspecified atom stereocenters. The van der Waals surface area contributed by atoms with Gasteiger partial charge in [0.2, 0.25) is 5.88 Å². The highest BCUT2D eigenvalue weighted by Crippen LogP contribution is 2.31. The highest BCUT2D eigenvalue weighted by atomic mass is 16.5. The molecule has 3 amide bonds. The van der Waals surface area contributed by atoms with Gasteiger partial charge in [-0.15, -0.1) is 0 Å². The number of hydrogen-bond acceptors (Lipinski definition) is 7. The lowest BCUT2D eigenvalue weighted by atomic mass is 10.0. The van der Waals surface area contributed by atoms with Crippen LogP contribution in [0.3, 0.4) is 0 Å². The van der Waals surface area contributed by atoms with Crippen LogP contribution in [0.4, 0.5) is 10.5 Å². The van der Waals surface area contributed by atoms with Gasteiger partial charge in [-0.05, 0) is 39.2 Å². The quantitative estimate of drug-likeness (QED) is 0.490. The minimum Gasteiger partial charge on any atom is -0.477 e. The summed E-state index contributed by atoms with van der Waals surface area (Å²) in [6.45, 7) is 5.87. The van der Waals surface area contributed by atoms with Gasteiger partial charge in [0.15, 0.2) is 11.5 Å². The van der Waals surface area contributed by atoms with E-state index in [1.54, 1.807) is 11.6 Å². The van der Waals surface area contributed by atoms with Crippen LogP contribution < -0.4 is 15.8 Å². The van der Waals surface area contributed by atoms with Crippen LogP contribution in [-0.4, -0.2) is 68.2 Å². The number of carboxylic acid groups (broad SMARTS) is 1. The van der Waals surface area contributed by atoms with Crippen LogP contribution >= 0.6 is 0 Å². The maximum atomic E-state index is 13.2. The largest absolute Gasteiger partial charge is 0.477 e. The third-order valence-electron chi connectivity index (χ3n) is 5.68. The number of nitrogens with two attached hydrogens (primary N) is 1. The number of hydrogen-bond donors (Lipinski definition) is 3. The molecule has 2 aromatic rings. The molecule has 0 radical (unpaired) electrons. The van der Waals surface area contributed by atoms with Crippen molar-refractivity contribution in [1.29, 1.82) is 0 Å². The fourth-order valence-electron chi connectivity index (χ4n) is 3.96. The van der Waals surface area contributed by atoms with Crippen molar-refractivity contribution in [2.75, 3.05) is 25.0 Å². The van der Waals surface area contributed by atoms with Crippen molar-refractivity contribution in [3.8, 4) is 5.88 Å². The third kappa shape index (κ3) is 5.00. The zero-order valence-corrected chi connectivity index (χ0v) is 19.3. The van der Waals surface area contributed by atoms with E-state index in [9.17, 15) is 24.3 Å². The van der Waals surface area contributed by atoms with Crippen LogP contribution in [0.2, 0.25) is 0 Å². The highest BCUT2D eigenvalue weighted by molar-refractivity contribution is 6.10. The second-order valence-corrected chi connectivity index (χ2v) is 7.85. The molecule has 34 heavy (non-hydrogen) atoms. The minimum absolute atomic E-state index is 0.0366. The number of rotatable bonds is 8. The minimum atomic E-state index is -0.980. The summed E-state index contributed by atoms with van der Waals surface area (Å²) in [6.07, 6.45) is 1.79. The van der Waals surface area contributed by atoms with Crippen molar-refractivity contribution in [3.05, 3.63) is 34.8 Å². The number of nitrogens with zero attached hydrogens (tertiary/aromatic N) is 4. The van der Waals surface area contributed by atoms with Crippen LogP contribution in [0.15, 0.2) is 12.3 Å². The van der Waals surface area contributed by atoms with Gasteiger partial charge >= 0.3 is 6.09 Å². The standard InChI is InChI=1S/C22H28N6O6/c1-4-16-17(25-20(31)15-10-13(12(3)29)11-24-21(15)34-5-2)18(19(23)30)26-28(16)14-6-8-27(9-7-14)22(32)33/h10-11,14H,4-9H2,1-3H3,(H2,23,30)(H,25,31)(H,32,33). The predicted molar refractivity (Wildman–Crippen MR) is 121 cm³/mol. The van der Waals surface area contributed by atoms with E-state index in [1.807, 2.05) is 6.92 Å². The van der Waals surface area contributed by atoms with Gasteiger partial charge in [-0.3, -0.25) is 19.1 Å². The first-order valence-electron chi connectivity index (χ1n) is 11.0. The third-order valence-corrected chi connectivity index (χ3v) is 5.68. The van der Waals surface area contributed by atoms with Gasteiger partial charge in [0.25, 0.3) is 11.8 Å². The number of carbonyl (C=O) groups is 4. The number of ether oxygens (including phenoxy) is 1. The molecule has 1 saturated heterocycles. The number of carbonyl (C=O) groups excluding carboxylic acids is 3. The molecule has 0 atom stereocenters. The second-order valence-electron chi connectivity index (χ2n) is 7.85. The van der Waals surface area contributed by atoms with E-state index in [-0.39, 0.29) is 46.8 Å². The number of Topliss-reactive ketones (excluding diaryl/α,β-unsaturated/α-hetero) is 1. The van der Waals surface area contributed by atoms with Crippen molar-refractivity contribution in [2.24, 2.45) is 5.73 Å². The Kier molecular flexibility index (Phi) is 7.49. The van der Waals surface area contributed by atoms with Crippen LogP contribution in [0, 0.1) is 0 Å². The normalized spacial score (nSPS) is 14.0. The van der Waals surface area contributed by atoms with Crippen LogP contribution in [0.25, 0.3) is 0 Å². The monoisotopic (exact) mass is 472 g/mol. The molecule has 4 N–H and O–H groups in total. The number of piperidine rings is 1. The number of pyridine rings is 1. The number of ketones is 1. The first-order valence-corrected chi connectivity index (χ1v) is 11.0. The van der Waals surface area contributed by atoms with E-state index in [1.165, 1.54) is 24.1 Å². The lowest BCUT2D eigenvalue weighted by Crippen LogP contribution is -2.38. The summed E-state index contributed by atoms with van der Waals surface area (Å²) in [5, 5.41) is 16.3. The summed E-state index contributed by atoms with van der Waals surface area (Å²) in [7, 11) is 0. The molecule has 12 nitrogen and oxygen atoms in total. The average Bonchev–Trinajstić information content (AvgIpc) is 3.17. The van der Waals surface area contributed by atoms with E-state index < -0.39 is 17.9 Å². The molecule has 3 rings (SSSR count). The molecule has 1 aliphatic rings. The molecule has 0 spiro atoms. The van der Waals surface area contributed by atoms with Gasteiger partial charge in [0, 0.05) is 24.8 Å². The van der Waals surface area contributed by atoms with Gasteiger partial charge in [-0.1, -0.05) is 6.92 Å². The summed E-state index contributed by atoms with van der Waals surface area (Å²) in [5.41, 5.74) is 6.51. The number of anilines is 1. The van der Waals surface area contributed by atoms with Crippen molar-refractivity contribution in [1.82, 2.24) is 19.7 Å². The summed E-state index contributed by atoms with van der Waals surface area (Å²) >= 11 is 0. The number of likely N-dealkylation sites (tertiary alicyclic amines) is 1. The molecule has 1 fully saturated rings. The van der Waals surface area contributed by atoms with Crippen molar-refractivity contribution in [2.45, 2.75) is 46.1 Å². The molecule has 2 aromatic heterocycles. The SMILES string of the molecule is CCOc1ncc(C(C)=O)cc1C(=O)Nc1c(C(N)=O)nn(C2CCN(C(=O)O)CC2)c1CC. The summed E-state index contributed by atoms with van der Waals surface area (Å²) < 4.78 is 7.10. The predicted octanol–water partition coefficient (Wildman–Crippen LogP) is 2.11. The zero-order valence-electron chi connectivity index (χ0n) is 19.3. The molecule has 0 bridgehead atoms. The van der Waals surface area contributed by atoms with Crippen LogP contribution in [0.1, 0.15) is 76.6 Å². The van der Waals surface area contributed by atoms with Gasteiger partial charge in [-0.25, -0.2) is 9.78 Å². The van der Waals surface area contributed by atoms with Crippen molar-refractivity contribution in [3.63, 3.8) is 0 Å². The Bertz CT molecular complexity index is 1120. The summed E-state index contributed by atoms with van der Waals surface area (Å²) in [4.78, 5) is 53.9. The molecule has 1 aliphatic heterocycles. The van der Waals surface area contributed by atoms with E-state index in [4.69, 9.17) is 10.5 Å². The number of nitrogens with one attached hydrogen (secondary N) is 1. The molecule has 3 heterocycles. The first kappa shape index (κ1) is 24.7. The fraction of sp³-hybridized carbons (Fsp3) is 0.455. The topological polar surface area (TPSA) is 170 Å².